The van der Waals surface area contributed by atoms with Crippen LogP contribution in [0.15, 0.2) is 21.5 Å². The Morgan fingerprint density at radius 2 is 1.68 bits per heavy atom. The van der Waals surface area contributed by atoms with Gasteiger partial charge >= 0.3 is 0 Å². The van der Waals surface area contributed by atoms with Crippen LogP contribution >= 0.6 is 11.8 Å². The maximum Gasteiger partial charge on any atom is 0.294 e. The van der Waals surface area contributed by atoms with Crippen molar-refractivity contribution in [1.82, 2.24) is 9.80 Å². The smallest absolute Gasteiger partial charge is 0.294 e. The van der Waals surface area contributed by atoms with Crippen LogP contribution in [0.1, 0.15) is 44.3 Å². The van der Waals surface area contributed by atoms with E-state index < -0.39 is 11.1 Å². The summed E-state index contributed by atoms with van der Waals surface area (Å²) in [7, 11) is 0. The summed E-state index contributed by atoms with van der Waals surface area (Å²) in [6.07, 6.45) is 8.35. The fourth-order valence-electron chi connectivity index (χ4n) is 3.85. The summed E-state index contributed by atoms with van der Waals surface area (Å²) in [5.74, 6) is 0.768. The van der Waals surface area contributed by atoms with Gasteiger partial charge in [-0.25, -0.2) is 0 Å². The van der Waals surface area contributed by atoms with E-state index >= 15 is 0 Å². The third-order valence-corrected chi connectivity index (χ3v) is 6.34. The summed E-state index contributed by atoms with van der Waals surface area (Å²) in [6, 6.07) is 3.74. The molecule has 3 aliphatic heterocycles. The highest BCUT2D eigenvalue weighted by atomic mass is 32.2. The van der Waals surface area contributed by atoms with Crippen molar-refractivity contribution < 1.29 is 18.8 Å². The quantitative estimate of drug-likeness (QED) is 0.718. The first-order chi connectivity index (χ1) is 13.6. The van der Waals surface area contributed by atoms with Gasteiger partial charge in [-0.15, -0.1) is 0 Å². The number of thioether (sulfide) groups is 1. The lowest BCUT2D eigenvalue weighted by atomic mass is 10.2. The number of likely N-dealkylation sites (tertiary alicyclic amines) is 1. The predicted octanol–water partition coefficient (Wildman–Crippen LogP) is 3.32. The van der Waals surface area contributed by atoms with Gasteiger partial charge in [0.05, 0.1) is 4.91 Å². The van der Waals surface area contributed by atoms with E-state index in [9.17, 15) is 14.4 Å². The molecule has 0 saturated carbocycles. The molecule has 3 amide bonds. The number of anilines is 1. The molecular formula is C20H25N3O4S. The number of imide groups is 1. The summed E-state index contributed by atoms with van der Waals surface area (Å²) in [5, 5.41) is -0.400. The molecule has 150 valence electrons. The molecular weight excluding hydrogens is 378 g/mol. The Labute approximate surface area is 168 Å². The van der Waals surface area contributed by atoms with Gasteiger partial charge in [0.15, 0.2) is 5.88 Å². The number of carbonyl (C=O) groups is 3. The summed E-state index contributed by atoms with van der Waals surface area (Å²) < 4.78 is 5.90. The molecule has 0 unspecified atom stereocenters. The molecule has 0 aromatic carbocycles. The molecule has 1 aromatic rings. The molecule has 4 heterocycles. The lowest BCUT2D eigenvalue weighted by Gasteiger charge is -2.18. The van der Waals surface area contributed by atoms with E-state index in [4.69, 9.17) is 4.42 Å². The lowest BCUT2D eigenvalue weighted by Crippen LogP contribution is -2.40. The topological polar surface area (TPSA) is 74.1 Å². The van der Waals surface area contributed by atoms with Gasteiger partial charge in [-0.05, 0) is 43.5 Å². The number of hydrogen-bond acceptors (Lipinski definition) is 6. The standard InChI is InChI=1S/C20H25N3O4S/c24-17(21-9-5-6-10-21)14-23-19(25)16(28-20(23)26)13-15-7-8-18(27-15)22-11-3-1-2-4-12-22/h7-8,13H,1-6,9-12,14H2/b16-13+. The highest BCUT2D eigenvalue weighted by Gasteiger charge is 2.37. The van der Waals surface area contributed by atoms with E-state index in [-0.39, 0.29) is 12.5 Å². The fourth-order valence-corrected chi connectivity index (χ4v) is 4.67. The third-order valence-electron chi connectivity index (χ3n) is 5.43. The number of nitrogens with zero attached hydrogens (tertiary/aromatic N) is 3. The van der Waals surface area contributed by atoms with Gasteiger partial charge in [-0.3, -0.25) is 19.3 Å². The normalized spacial score (nSPS) is 22.4. The Morgan fingerprint density at radius 1 is 1.00 bits per heavy atom. The molecule has 0 atom stereocenters. The van der Waals surface area contributed by atoms with Gasteiger partial charge in [-0.2, -0.15) is 0 Å². The summed E-state index contributed by atoms with van der Waals surface area (Å²) in [5.41, 5.74) is 0. The molecule has 3 fully saturated rings. The number of amides is 3. The van der Waals surface area contributed by atoms with Gasteiger partial charge in [0, 0.05) is 38.3 Å². The number of carbonyl (C=O) groups excluding carboxylic acids is 3. The van der Waals surface area contributed by atoms with Crippen LogP contribution in [0, 0.1) is 0 Å². The van der Waals surface area contributed by atoms with Crippen molar-refractivity contribution in [2.24, 2.45) is 0 Å². The zero-order valence-corrected chi connectivity index (χ0v) is 16.7. The molecule has 3 aliphatic rings. The summed E-state index contributed by atoms with van der Waals surface area (Å²) in [4.78, 5) is 42.4. The largest absolute Gasteiger partial charge is 0.441 e. The van der Waals surface area contributed by atoms with Crippen LogP contribution in [-0.4, -0.2) is 59.6 Å². The molecule has 0 bridgehead atoms. The van der Waals surface area contributed by atoms with Crippen molar-refractivity contribution >= 4 is 40.8 Å². The van der Waals surface area contributed by atoms with Gasteiger partial charge in [-0.1, -0.05) is 12.8 Å². The highest BCUT2D eigenvalue weighted by molar-refractivity contribution is 8.18. The second kappa shape index (κ2) is 8.43. The maximum absolute atomic E-state index is 12.6. The van der Waals surface area contributed by atoms with Crippen LogP contribution in [0.4, 0.5) is 10.7 Å². The van der Waals surface area contributed by atoms with E-state index in [0.717, 1.165) is 61.3 Å². The predicted molar refractivity (Wildman–Crippen MR) is 108 cm³/mol. The Balaban J connectivity index is 1.43. The molecule has 4 rings (SSSR count). The minimum Gasteiger partial charge on any atom is -0.441 e. The number of rotatable bonds is 4. The Morgan fingerprint density at radius 3 is 2.39 bits per heavy atom. The molecule has 28 heavy (non-hydrogen) atoms. The van der Waals surface area contributed by atoms with Crippen molar-refractivity contribution in [3.8, 4) is 0 Å². The van der Waals surface area contributed by atoms with Crippen LogP contribution in [0.3, 0.4) is 0 Å². The minimum atomic E-state index is -0.421. The zero-order valence-electron chi connectivity index (χ0n) is 15.9. The van der Waals surface area contributed by atoms with Crippen LogP contribution in [0.5, 0.6) is 0 Å². The summed E-state index contributed by atoms with van der Waals surface area (Å²) in [6.45, 7) is 3.18. The van der Waals surface area contributed by atoms with E-state index in [1.54, 1.807) is 11.0 Å². The van der Waals surface area contributed by atoms with Crippen molar-refractivity contribution in [2.75, 3.05) is 37.6 Å². The van der Waals surface area contributed by atoms with E-state index in [1.165, 1.54) is 12.8 Å². The molecule has 0 radical (unpaired) electrons. The Kier molecular flexibility index (Phi) is 5.75. The SMILES string of the molecule is O=C(CN1C(=O)S/C(=C/c2ccc(N3CCCCCC3)o2)C1=O)N1CCCC1. The van der Waals surface area contributed by atoms with Gasteiger partial charge in [0.25, 0.3) is 11.1 Å². The fraction of sp³-hybridized carbons (Fsp3) is 0.550. The lowest BCUT2D eigenvalue weighted by molar-refractivity contribution is -0.135. The Bertz CT molecular complexity index is 789. The average Bonchev–Trinajstić information content (AvgIpc) is 3.37. The first-order valence-corrected chi connectivity index (χ1v) is 10.8. The molecule has 7 nitrogen and oxygen atoms in total. The summed E-state index contributed by atoms with van der Waals surface area (Å²) >= 11 is 0.864. The molecule has 1 aromatic heterocycles. The van der Waals surface area contributed by atoms with Crippen LogP contribution < -0.4 is 4.90 Å². The molecule has 0 aliphatic carbocycles. The molecule has 8 heteroatoms. The second-order valence-electron chi connectivity index (χ2n) is 7.43. The van der Waals surface area contributed by atoms with Crippen molar-refractivity contribution in [3.05, 3.63) is 22.8 Å². The van der Waals surface area contributed by atoms with Crippen LogP contribution in [-0.2, 0) is 9.59 Å². The molecule has 3 saturated heterocycles. The first-order valence-electron chi connectivity index (χ1n) is 10.00. The van der Waals surface area contributed by atoms with E-state index in [0.29, 0.717) is 23.8 Å². The number of hydrogen-bond donors (Lipinski definition) is 0. The van der Waals surface area contributed by atoms with Crippen molar-refractivity contribution in [2.45, 2.75) is 38.5 Å². The van der Waals surface area contributed by atoms with E-state index in [1.807, 2.05) is 12.1 Å². The van der Waals surface area contributed by atoms with Crippen LogP contribution in [0.2, 0.25) is 0 Å². The van der Waals surface area contributed by atoms with Gasteiger partial charge in [0.1, 0.15) is 12.3 Å². The second-order valence-corrected chi connectivity index (χ2v) is 8.43. The first kappa shape index (κ1) is 19.1. The van der Waals surface area contributed by atoms with Gasteiger partial charge in [0.2, 0.25) is 5.91 Å². The molecule has 0 spiro atoms. The monoisotopic (exact) mass is 403 g/mol. The molecule has 0 N–H and O–H groups in total. The highest BCUT2D eigenvalue weighted by Crippen LogP contribution is 2.33. The van der Waals surface area contributed by atoms with Crippen LogP contribution in [0.25, 0.3) is 6.08 Å². The maximum atomic E-state index is 12.6. The average molecular weight is 404 g/mol. The van der Waals surface area contributed by atoms with E-state index in [2.05, 4.69) is 4.90 Å². The van der Waals surface area contributed by atoms with Crippen molar-refractivity contribution in [3.63, 3.8) is 0 Å². The minimum absolute atomic E-state index is 0.164. The van der Waals surface area contributed by atoms with Gasteiger partial charge < -0.3 is 14.2 Å². The zero-order chi connectivity index (χ0) is 19.5. The van der Waals surface area contributed by atoms with Crippen molar-refractivity contribution in [1.29, 1.82) is 0 Å². The third kappa shape index (κ3) is 4.11. The number of furan rings is 1. The Hall–Kier alpha value is -2.22.